The lowest BCUT2D eigenvalue weighted by molar-refractivity contribution is -0.142. The highest BCUT2D eigenvalue weighted by molar-refractivity contribution is 5.82. The van der Waals surface area contributed by atoms with E-state index in [1.54, 1.807) is 13.8 Å². The number of aliphatic carboxylic acids is 1. The minimum Gasteiger partial charge on any atom is -0.481 e. The first-order chi connectivity index (χ1) is 10.7. The second-order valence-corrected chi connectivity index (χ2v) is 7.40. The Morgan fingerprint density at radius 1 is 1.00 bits per heavy atom. The van der Waals surface area contributed by atoms with Crippen molar-refractivity contribution in [2.45, 2.75) is 59.8 Å². The first kappa shape index (κ1) is 19.7. The molecule has 1 amide bonds. The highest BCUT2D eigenvalue weighted by Crippen LogP contribution is 2.30. The van der Waals surface area contributed by atoms with Crippen LogP contribution in [0, 0.1) is 29.6 Å². The number of amides is 1. The monoisotopic (exact) mass is 325 g/mol. The zero-order valence-corrected chi connectivity index (χ0v) is 14.8. The third-order valence-electron chi connectivity index (χ3n) is 4.96. The molecule has 1 rings (SSSR count). The molecule has 0 radical (unpaired) electrons. The van der Waals surface area contributed by atoms with Gasteiger partial charge < -0.3 is 10.4 Å². The summed E-state index contributed by atoms with van der Waals surface area (Å²) in [6, 6.07) is 0. The van der Waals surface area contributed by atoms with Crippen LogP contribution >= 0.6 is 0 Å². The number of hydrogen-bond acceptors (Lipinski definition) is 3. The van der Waals surface area contributed by atoms with Crippen LogP contribution < -0.4 is 5.32 Å². The normalized spacial score (nSPS) is 24.0. The maximum absolute atomic E-state index is 12.0. The van der Waals surface area contributed by atoms with Crippen LogP contribution in [0.25, 0.3) is 0 Å². The zero-order chi connectivity index (χ0) is 17.6. The van der Waals surface area contributed by atoms with Crippen LogP contribution in [0.15, 0.2) is 0 Å². The standard InChI is InChI=1S/C18H31NO4/c1-11(2)16(20)15-7-5-14(6-8-15)10-19-17(21)12(3)9-13(4)18(22)23/h11-15H,5-10H2,1-4H3,(H,19,21)(H,22,23). The Kier molecular flexibility index (Phi) is 7.73. The van der Waals surface area contributed by atoms with Crippen molar-refractivity contribution < 1.29 is 19.5 Å². The third kappa shape index (κ3) is 6.32. The summed E-state index contributed by atoms with van der Waals surface area (Å²) < 4.78 is 0. The molecule has 0 aliphatic heterocycles. The molecule has 1 aliphatic rings. The van der Waals surface area contributed by atoms with E-state index in [1.807, 2.05) is 13.8 Å². The maximum atomic E-state index is 12.0. The summed E-state index contributed by atoms with van der Waals surface area (Å²) >= 11 is 0. The smallest absolute Gasteiger partial charge is 0.306 e. The molecule has 0 spiro atoms. The predicted octanol–water partition coefficient (Wildman–Crippen LogP) is 2.88. The van der Waals surface area contributed by atoms with Gasteiger partial charge in [-0.2, -0.15) is 0 Å². The molecule has 2 unspecified atom stereocenters. The van der Waals surface area contributed by atoms with Gasteiger partial charge in [0.2, 0.25) is 5.91 Å². The Morgan fingerprint density at radius 2 is 1.57 bits per heavy atom. The van der Waals surface area contributed by atoms with Gasteiger partial charge in [-0.3, -0.25) is 14.4 Å². The average Bonchev–Trinajstić information content (AvgIpc) is 2.51. The van der Waals surface area contributed by atoms with Gasteiger partial charge in [-0.1, -0.05) is 27.7 Å². The highest BCUT2D eigenvalue weighted by Gasteiger charge is 2.28. The Morgan fingerprint density at radius 3 is 2.04 bits per heavy atom. The van der Waals surface area contributed by atoms with Gasteiger partial charge in [-0.05, 0) is 38.0 Å². The lowest BCUT2D eigenvalue weighted by atomic mass is 9.78. The van der Waals surface area contributed by atoms with E-state index in [2.05, 4.69) is 5.32 Å². The summed E-state index contributed by atoms with van der Waals surface area (Å²) in [6.07, 6.45) is 4.15. The fourth-order valence-electron chi connectivity index (χ4n) is 3.28. The van der Waals surface area contributed by atoms with Gasteiger partial charge in [0, 0.05) is 24.3 Å². The van der Waals surface area contributed by atoms with Crippen molar-refractivity contribution in [2.75, 3.05) is 6.54 Å². The Labute approximate surface area is 139 Å². The quantitative estimate of drug-likeness (QED) is 0.719. The second kappa shape index (κ2) is 9.04. The minimum absolute atomic E-state index is 0.0709. The molecule has 0 bridgehead atoms. The van der Waals surface area contributed by atoms with Crippen molar-refractivity contribution >= 4 is 17.7 Å². The topological polar surface area (TPSA) is 83.5 Å². The van der Waals surface area contributed by atoms with E-state index in [9.17, 15) is 14.4 Å². The van der Waals surface area contributed by atoms with E-state index >= 15 is 0 Å². The summed E-state index contributed by atoms with van der Waals surface area (Å²) in [6.45, 7) is 7.93. The van der Waals surface area contributed by atoms with Crippen LogP contribution in [0.3, 0.4) is 0 Å². The van der Waals surface area contributed by atoms with Crippen LogP contribution in [0.5, 0.6) is 0 Å². The number of nitrogens with one attached hydrogen (secondary N) is 1. The summed E-state index contributed by atoms with van der Waals surface area (Å²) in [5, 5.41) is 11.8. The molecular weight excluding hydrogens is 294 g/mol. The van der Waals surface area contributed by atoms with E-state index in [4.69, 9.17) is 5.11 Å². The summed E-state index contributed by atoms with van der Waals surface area (Å²) in [5.74, 6) is -0.641. The Bertz CT molecular complexity index is 425. The number of carboxylic acid groups (broad SMARTS) is 1. The van der Waals surface area contributed by atoms with Crippen molar-refractivity contribution in [2.24, 2.45) is 29.6 Å². The largest absolute Gasteiger partial charge is 0.481 e. The second-order valence-electron chi connectivity index (χ2n) is 7.40. The zero-order valence-electron chi connectivity index (χ0n) is 14.8. The van der Waals surface area contributed by atoms with Gasteiger partial charge in [0.15, 0.2) is 0 Å². The number of carboxylic acids is 1. The lowest BCUT2D eigenvalue weighted by Gasteiger charge is -2.29. The molecule has 0 aromatic carbocycles. The van der Waals surface area contributed by atoms with Crippen LogP contribution in [-0.4, -0.2) is 29.3 Å². The molecule has 5 heteroatoms. The number of Topliss-reactive ketones (excluding diaryl/α,β-unsaturated/α-hetero) is 1. The first-order valence-electron chi connectivity index (χ1n) is 8.76. The summed E-state index contributed by atoms with van der Waals surface area (Å²) in [4.78, 5) is 34.9. The van der Waals surface area contributed by atoms with Crippen LogP contribution in [-0.2, 0) is 14.4 Å². The molecule has 23 heavy (non-hydrogen) atoms. The molecule has 2 N–H and O–H groups in total. The van der Waals surface area contributed by atoms with Crippen LogP contribution in [0.2, 0.25) is 0 Å². The van der Waals surface area contributed by atoms with E-state index < -0.39 is 11.9 Å². The molecule has 1 saturated carbocycles. The van der Waals surface area contributed by atoms with Crippen LogP contribution in [0.4, 0.5) is 0 Å². The highest BCUT2D eigenvalue weighted by atomic mass is 16.4. The van der Waals surface area contributed by atoms with Crippen molar-refractivity contribution in [3.05, 3.63) is 0 Å². The van der Waals surface area contributed by atoms with Crippen molar-refractivity contribution in [3.63, 3.8) is 0 Å². The number of rotatable bonds is 8. The third-order valence-corrected chi connectivity index (χ3v) is 4.96. The molecule has 0 aromatic rings. The van der Waals surface area contributed by atoms with E-state index in [0.29, 0.717) is 24.7 Å². The van der Waals surface area contributed by atoms with Crippen molar-refractivity contribution in [1.82, 2.24) is 5.32 Å². The number of carbonyl (C=O) groups is 3. The lowest BCUT2D eigenvalue weighted by Crippen LogP contribution is -2.36. The average molecular weight is 325 g/mol. The van der Waals surface area contributed by atoms with Gasteiger partial charge >= 0.3 is 5.97 Å². The van der Waals surface area contributed by atoms with E-state index in [-0.39, 0.29) is 23.7 Å². The molecule has 0 saturated heterocycles. The number of ketones is 1. The molecule has 1 aliphatic carbocycles. The fraction of sp³-hybridized carbons (Fsp3) is 0.833. The summed E-state index contributed by atoms with van der Waals surface area (Å²) in [5.41, 5.74) is 0. The Hall–Kier alpha value is -1.39. The molecule has 2 atom stereocenters. The first-order valence-corrected chi connectivity index (χ1v) is 8.76. The van der Waals surface area contributed by atoms with Gasteiger partial charge in [-0.15, -0.1) is 0 Å². The van der Waals surface area contributed by atoms with E-state index in [1.165, 1.54) is 0 Å². The number of carbonyl (C=O) groups excluding carboxylic acids is 2. The van der Waals surface area contributed by atoms with Gasteiger partial charge in [0.05, 0.1) is 5.92 Å². The maximum Gasteiger partial charge on any atom is 0.306 e. The van der Waals surface area contributed by atoms with E-state index in [0.717, 1.165) is 25.7 Å². The van der Waals surface area contributed by atoms with Gasteiger partial charge in [0.1, 0.15) is 5.78 Å². The van der Waals surface area contributed by atoms with Crippen molar-refractivity contribution in [3.8, 4) is 0 Å². The molecule has 132 valence electrons. The van der Waals surface area contributed by atoms with Gasteiger partial charge in [0.25, 0.3) is 0 Å². The summed E-state index contributed by atoms with van der Waals surface area (Å²) in [7, 11) is 0. The molecule has 1 fully saturated rings. The number of hydrogen-bond donors (Lipinski definition) is 2. The molecule has 0 heterocycles. The predicted molar refractivity (Wildman–Crippen MR) is 88.9 cm³/mol. The van der Waals surface area contributed by atoms with Crippen LogP contribution in [0.1, 0.15) is 59.8 Å². The molecular formula is C18H31NO4. The fourth-order valence-corrected chi connectivity index (χ4v) is 3.28. The Balaban J connectivity index is 2.30. The van der Waals surface area contributed by atoms with Crippen molar-refractivity contribution in [1.29, 1.82) is 0 Å². The molecule has 5 nitrogen and oxygen atoms in total. The SMILES string of the molecule is CC(C)C(=O)C1CCC(CNC(=O)C(C)CC(C)C(=O)O)CC1. The molecule has 0 aromatic heterocycles. The van der Waals surface area contributed by atoms with Gasteiger partial charge in [-0.25, -0.2) is 0 Å². The minimum atomic E-state index is -0.863.